The van der Waals surface area contributed by atoms with Gasteiger partial charge in [0, 0.05) is 19.7 Å². The van der Waals surface area contributed by atoms with Crippen molar-refractivity contribution in [3.63, 3.8) is 0 Å². The zero-order valence-electron chi connectivity index (χ0n) is 10.6. The summed E-state index contributed by atoms with van der Waals surface area (Å²) >= 11 is 0. The number of halogens is 3. The Bertz CT molecular complexity index is 198. The van der Waals surface area contributed by atoms with Gasteiger partial charge in [0.2, 0.25) is 0 Å². The summed E-state index contributed by atoms with van der Waals surface area (Å²) in [4.78, 5) is 0. The third-order valence-corrected chi connectivity index (χ3v) is 2.44. The first kappa shape index (κ1) is 15.7. The molecule has 2 atom stereocenters. The zero-order chi connectivity index (χ0) is 13.0. The van der Waals surface area contributed by atoms with E-state index in [-0.39, 0.29) is 11.5 Å². The average molecular weight is 241 g/mol. The van der Waals surface area contributed by atoms with E-state index in [4.69, 9.17) is 4.74 Å². The molecule has 0 aliphatic heterocycles. The monoisotopic (exact) mass is 241 g/mol. The van der Waals surface area contributed by atoms with Gasteiger partial charge in [0.1, 0.15) is 0 Å². The number of ether oxygens (including phenoxy) is 1. The third kappa shape index (κ3) is 7.06. The minimum Gasteiger partial charge on any atom is -0.380 e. The van der Waals surface area contributed by atoms with E-state index in [1.54, 1.807) is 7.11 Å². The highest BCUT2D eigenvalue weighted by Crippen LogP contribution is 2.23. The Labute approximate surface area is 95.5 Å². The Morgan fingerprint density at radius 2 is 1.69 bits per heavy atom. The molecule has 98 valence electrons. The molecule has 0 radical (unpaired) electrons. The standard InChI is InChI=1S/C11H22F3NO/c1-8(6-11(12,13)14)15-7-9(16-5)10(2,3)4/h8-9,15H,6-7H2,1-5H3. The van der Waals surface area contributed by atoms with Crippen molar-refractivity contribution in [3.8, 4) is 0 Å². The third-order valence-electron chi connectivity index (χ3n) is 2.44. The maximum Gasteiger partial charge on any atom is 0.390 e. The molecule has 0 saturated carbocycles. The maximum atomic E-state index is 12.1. The number of hydrogen-bond donors (Lipinski definition) is 1. The van der Waals surface area contributed by atoms with E-state index in [2.05, 4.69) is 5.32 Å². The minimum absolute atomic E-state index is 0.0836. The Kier molecular flexibility index (Phi) is 5.76. The van der Waals surface area contributed by atoms with E-state index in [9.17, 15) is 13.2 Å². The molecule has 0 amide bonds. The molecule has 0 aromatic carbocycles. The summed E-state index contributed by atoms with van der Waals surface area (Å²) in [6, 6.07) is -0.583. The quantitative estimate of drug-likeness (QED) is 0.799. The van der Waals surface area contributed by atoms with Gasteiger partial charge in [-0.2, -0.15) is 13.2 Å². The van der Waals surface area contributed by atoms with Crippen molar-refractivity contribution in [2.24, 2.45) is 5.41 Å². The van der Waals surface area contributed by atoms with Crippen LogP contribution >= 0.6 is 0 Å². The Morgan fingerprint density at radius 3 is 2.00 bits per heavy atom. The summed E-state index contributed by atoms with van der Waals surface area (Å²) in [6.45, 7) is 7.95. The first-order chi connectivity index (χ1) is 7.06. The molecule has 0 fully saturated rings. The highest BCUT2D eigenvalue weighted by Gasteiger charge is 2.31. The van der Waals surface area contributed by atoms with E-state index < -0.39 is 18.6 Å². The number of methoxy groups -OCH3 is 1. The Balaban J connectivity index is 4.03. The number of rotatable bonds is 5. The lowest BCUT2D eigenvalue weighted by atomic mass is 9.89. The molecule has 5 heteroatoms. The molecule has 2 unspecified atom stereocenters. The van der Waals surface area contributed by atoms with Crippen LogP contribution < -0.4 is 5.32 Å². The van der Waals surface area contributed by atoms with Crippen LogP contribution in [0.5, 0.6) is 0 Å². The summed E-state index contributed by atoms with van der Waals surface area (Å²) in [5.41, 5.74) is -0.0836. The van der Waals surface area contributed by atoms with Crippen LogP contribution in [0.15, 0.2) is 0 Å². The minimum atomic E-state index is -4.11. The number of hydrogen-bond acceptors (Lipinski definition) is 2. The first-order valence-electron chi connectivity index (χ1n) is 5.39. The van der Waals surface area contributed by atoms with E-state index in [1.807, 2.05) is 20.8 Å². The fourth-order valence-electron chi connectivity index (χ4n) is 1.47. The largest absolute Gasteiger partial charge is 0.390 e. The van der Waals surface area contributed by atoms with Gasteiger partial charge in [0.15, 0.2) is 0 Å². The van der Waals surface area contributed by atoms with Gasteiger partial charge in [-0.25, -0.2) is 0 Å². The molecule has 1 N–H and O–H groups in total. The normalized spacial score (nSPS) is 17.2. The van der Waals surface area contributed by atoms with Gasteiger partial charge in [-0.05, 0) is 12.3 Å². The van der Waals surface area contributed by atoms with Gasteiger partial charge < -0.3 is 10.1 Å². The van der Waals surface area contributed by atoms with E-state index in [1.165, 1.54) is 6.92 Å². The van der Waals surface area contributed by atoms with Crippen LogP contribution in [-0.4, -0.2) is 32.0 Å². The lowest BCUT2D eigenvalue weighted by Crippen LogP contribution is -2.42. The van der Waals surface area contributed by atoms with Crippen LogP contribution in [-0.2, 0) is 4.74 Å². The molecule has 16 heavy (non-hydrogen) atoms. The van der Waals surface area contributed by atoms with Crippen molar-refractivity contribution in [1.82, 2.24) is 5.32 Å². The highest BCUT2D eigenvalue weighted by atomic mass is 19.4. The van der Waals surface area contributed by atoms with Crippen molar-refractivity contribution in [2.45, 2.75) is 52.4 Å². The van der Waals surface area contributed by atoms with Crippen LogP contribution in [0.3, 0.4) is 0 Å². The fraction of sp³-hybridized carbons (Fsp3) is 1.00. The molecule has 0 bridgehead atoms. The van der Waals surface area contributed by atoms with Gasteiger partial charge >= 0.3 is 6.18 Å². The van der Waals surface area contributed by atoms with Crippen LogP contribution in [0.2, 0.25) is 0 Å². The Hall–Kier alpha value is -0.290. The van der Waals surface area contributed by atoms with Crippen LogP contribution in [0.25, 0.3) is 0 Å². The molecule has 0 saturated heterocycles. The average Bonchev–Trinajstić information content (AvgIpc) is 1.98. The van der Waals surface area contributed by atoms with Gasteiger partial charge in [-0.15, -0.1) is 0 Å². The fourth-order valence-corrected chi connectivity index (χ4v) is 1.47. The molecule has 0 heterocycles. The smallest absolute Gasteiger partial charge is 0.380 e. The zero-order valence-corrected chi connectivity index (χ0v) is 10.6. The molecule has 0 aliphatic carbocycles. The molecule has 0 aromatic heterocycles. The summed E-state index contributed by atoms with van der Waals surface area (Å²) < 4.78 is 41.5. The molecule has 2 nitrogen and oxygen atoms in total. The second-order valence-electron chi connectivity index (χ2n) is 5.22. The van der Waals surface area contributed by atoms with E-state index >= 15 is 0 Å². The summed E-state index contributed by atoms with van der Waals surface area (Å²) in [5.74, 6) is 0. The summed E-state index contributed by atoms with van der Waals surface area (Å²) in [6.07, 6.45) is -5.02. The van der Waals surface area contributed by atoms with Crippen molar-refractivity contribution < 1.29 is 17.9 Å². The van der Waals surface area contributed by atoms with Crippen LogP contribution in [0.1, 0.15) is 34.1 Å². The topological polar surface area (TPSA) is 21.3 Å². The second-order valence-corrected chi connectivity index (χ2v) is 5.22. The van der Waals surface area contributed by atoms with Crippen LogP contribution in [0, 0.1) is 5.41 Å². The molecule has 0 spiro atoms. The number of alkyl halides is 3. The predicted octanol–water partition coefficient (Wildman–Crippen LogP) is 2.98. The van der Waals surface area contributed by atoms with Gasteiger partial charge in [-0.1, -0.05) is 20.8 Å². The molecular formula is C11H22F3NO. The van der Waals surface area contributed by atoms with E-state index in [0.29, 0.717) is 6.54 Å². The van der Waals surface area contributed by atoms with Crippen molar-refractivity contribution in [1.29, 1.82) is 0 Å². The highest BCUT2D eigenvalue weighted by molar-refractivity contribution is 4.78. The number of nitrogens with one attached hydrogen (secondary N) is 1. The summed E-state index contributed by atoms with van der Waals surface area (Å²) in [7, 11) is 1.58. The summed E-state index contributed by atoms with van der Waals surface area (Å²) in [5, 5.41) is 2.85. The lowest BCUT2D eigenvalue weighted by molar-refractivity contribution is -0.139. The maximum absolute atomic E-state index is 12.1. The van der Waals surface area contributed by atoms with Gasteiger partial charge in [0.05, 0.1) is 12.5 Å². The molecule has 0 aromatic rings. The van der Waals surface area contributed by atoms with Crippen molar-refractivity contribution in [3.05, 3.63) is 0 Å². The van der Waals surface area contributed by atoms with Gasteiger partial charge in [0.25, 0.3) is 0 Å². The van der Waals surface area contributed by atoms with E-state index in [0.717, 1.165) is 0 Å². The molecular weight excluding hydrogens is 219 g/mol. The SMILES string of the molecule is COC(CNC(C)CC(F)(F)F)C(C)(C)C. The second kappa shape index (κ2) is 5.87. The molecule has 0 aliphatic rings. The van der Waals surface area contributed by atoms with Crippen LogP contribution in [0.4, 0.5) is 13.2 Å². The Morgan fingerprint density at radius 1 is 1.19 bits per heavy atom. The lowest BCUT2D eigenvalue weighted by Gasteiger charge is -2.30. The van der Waals surface area contributed by atoms with Crippen molar-refractivity contribution >= 4 is 0 Å². The van der Waals surface area contributed by atoms with Crippen molar-refractivity contribution in [2.75, 3.05) is 13.7 Å². The van der Waals surface area contributed by atoms with Gasteiger partial charge in [-0.3, -0.25) is 0 Å². The predicted molar refractivity (Wildman–Crippen MR) is 58.4 cm³/mol. The molecule has 0 rings (SSSR count). The first-order valence-corrected chi connectivity index (χ1v) is 5.39.